The van der Waals surface area contributed by atoms with Gasteiger partial charge in [0.25, 0.3) is 5.91 Å². The van der Waals surface area contributed by atoms with Gasteiger partial charge in [-0.05, 0) is 19.8 Å². The fourth-order valence-electron chi connectivity index (χ4n) is 2.22. The van der Waals surface area contributed by atoms with Crippen molar-refractivity contribution in [3.8, 4) is 0 Å². The van der Waals surface area contributed by atoms with Gasteiger partial charge in [0.15, 0.2) is 5.69 Å². The number of carbonyl (C=O) groups excluding carboxylic acids is 1. The van der Waals surface area contributed by atoms with Crippen LogP contribution in [-0.4, -0.2) is 28.2 Å². The zero-order chi connectivity index (χ0) is 12.5. The van der Waals surface area contributed by atoms with Gasteiger partial charge < -0.3 is 14.9 Å². The highest BCUT2D eigenvalue weighted by Gasteiger charge is 2.46. The van der Waals surface area contributed by atoms with Gasteiger partial charge in [-0.25, -0.2) is 0 Å². The monoisotopic (exact) mass is 238 g/mol. The van der Waals surface area contributed by atoms with Gasteiger partial charge in [-0.2, -0.15) is 0 Å². The molecule has 1 fully saturated rings. The fourth-order valence-corrected chi connectivity index (χ4v) is 2.22. The van der Waals surface area contributed by atoms with E-state index in [-0.39, 0.29) is 11.7 Å². The van der Waals surface area contributed by atoms with Crippen LogP contribution >= 0.6 is 0 Å². The van der Waals surface area contributed by atoms with Gasteiger partial charge >= 0.3 is 5.97 Å². The molecule has 6 heteroatoms. The Bertz CT molecular complexity index is 429. The van der Waals surface area contributed by atoms with E-state index in [1.54, 1.807) is 6.92 Å². The van der Waals surface area contributed by atoms with E-state index >= 15 is 0 Å². The van der Waals surface area contributed by atoms with E-state index in [1.165, 1.54) is 12.3 Å². The molecule has 1 aliphatic carbocycles. The molecule has 1 aromatic rings. The summed E-state index contributed by atoms with van der Waals surface area (Å²) in [4.78, 5) is 23.0. The topological polar surface area (TPSA) is 92.4 Å². The highest BCUT2D eigenvalue weighted by molar-refractivity contribution is 5.92. The van der Waals surface area contributed by atoms with Crippen molar-refractivity contribution < 1.29 is 19.2 Å². The molecule has 0 aromatic carbocycles. The second-order valence-electron chi connectivity index (χ2n) is 4.53. The van der Waals surface area contributed by atoms with Crippen LogP contribution in [0.2, 0.25) is 0 Å². The minimum atomic E-state index is -0.889. The van der Waals surface area contributed by atoms with Gasteiger partial charge in [-0.3, -0.25) is 9.59 Å². The van der Waals surface area contributed by atoms with E-state index < -0.39 is 17.3 Å². The second-order valence-corrected chi connectivity index (χ2v) is 4.53. The van der Waals surface area contributed by atoms with Gasteiger partial charge in [0.05, 0.1) is 5.41 Å². The van der Waals surface area contributed by atoms with E-state index in [2.05, 4.69) is 15.0 Å². The molecule has 92 valence electrons. The van der Waals surface area contributed by atoms with E-state index in [0.29, 0.717) is 12.8 Å². The third-order valence-corrected chi connectivity index (χ3v) is 3.42. The van der Waals surface area contributed by atoms with Crippen LogP contribution in [0.5, 0.6) is 0 Å². The number of carboxylic acid groups (broad SMARTS) is 1. The molecule has 1 heterocycles. The number of aliphatic carboxylic acids is 1. The number of carbonyl (C=O) groups is 2. The molecule has 0 bridgehead atoms. The lowest BCUT2D eigenvalue weighted by Gasteiger charge is -2.27. The van der Waals surface area contributed by atoms with Crippen LogP contribution in [0.1, 0.15) is 36.7 Å². The molecular formula is C11H14N2O4. The number of nitrogens with one attached hydrogen (secondary N) is 1. The van der Waals surface area contributed by atoms with E-state index in [4.69, 9.17) is 0 Å². The van der Waals surface area contributed by atoms with Crippen LogP contribution in [-0.2, 0) is 4.79 Å². The van der Waals surface area contributed by atoms with Crippen LogP contribution in [0.25, 0.3) is 0 Å². The quantitative estimate of drug-likeness (QED) is 0.821. The Kier molecular flexibility index (Phi) is 2.87. The Morgan fingerprint density at radius 2 is 2.41 bits per heavy atom. The zero-order valence-corrected chi connectivity index (χ0v) is 9.47. The van der Waals surface area contributed by atoms with Crippen molar-refractivity contribution in [1.82, 2.24) is 10.5 Å². The van der Waals surface area contributed by atoms with Crippen molar-refractivity contribution >= 4 is 11.9 Å². The van der Waals surface area contributed by atoms with Crippen molar-refractivity contribution in [2.75, 3.05) is 0 Å². The smallest absolute Gasteiger partial charge is 0.311 e. The maximum Gasteiger partial charge on any atom is 0.311 e. The third kappa shape index (κ3) is 2.02. The maximum absolute atomic E-state index is 11.7. The number of aromatic nitrogens is 1. The van der Waals surface area contributed by atoms with Gasteiger partial charge in [0.2, 0.25) is 0 Å². The highest BCUT2D eigenvalue weighted by atomic mass is 16.5. The molecular weight excluding hydrogens is 224 g/mol. The Labute approximate surface area is 98.0 Å². The lowest BCUT2D eigenvalue weighted by molar-refractivity contribution is -0.148. The van der Waals surface area contributed by atoms with Gasteiger partial charge in [-0.15, -0.1) is 0 Å². The summed E-state index contributed by atoms with van der Waals surface area (Å²) in [5.74, 6) is -1.27. The summed E-state index contributed by atoms with van der Waals surface area (Å²) in [6.45, 7) is 1.66. The summed E-state index contributed by atoms with van der Waals surface area (Å²) in [5, 5.41) is 15.4. The van der Waals surface area contributed by atoms with Crippen LogP contribution in [0.15, 0.2) is 16.9 Å². The van der Waals surface area contributed by atoms with Crippen molar-refractivity contribution in [2.24, 2.45) is 5.41 Å². The van der Waals surface area contributed by atoms with E-state index in [9.17, 15) is 14.7 Å². The molecule has 2 unspecified atom stereocenters. The Morgan fingerprint density at radius 3 is 3.00 bits per heavy atom. The number of nitrogens with zero attached hydrogens (tertiary/aromatic N) is 1. The summed E-state index contributed by atoms with van der Waals surface area (Å²) in [7, 11) is 0. The first-order chi connectivity index (χ1) is 8.04. The summed E-state index contributed by atoms with van der Waals surface area (Å²) in [5.41, 5.74) is -0.719. The Morgan fingerprint density at radius 1 is 1.65 bits per heavy atom. The third-order valence-electron chi connectivity index (χ3n) is 3.42. The Balaban J connectivity index is 2.09. The average molecular weight is 238 g/mol. The molecule has 1 saturated carbocycles. The standard InChI is InChI=1S/C11H14N2O4/c1-11(10(15)16)5-2-3-8(11)12-9(14)7-4-6-17-13-7/h4,6,8H,2-3,5H2,1H3,(H,12,14)(H,15,16). The highest BCUT2D eigenvalue weighted by Crippen LogP contribution is 2.38. The van der Waals surface area contributed by atoms with Crippen molar-refractivity contribution in [3.63, 3.8) is 0 Å². The number of rotatable bonds is 3. The first kappa shape index (κ1) is 11.6. The molecule has 2 N–H and O–H groups in total. The molecule has 0 saturated heterocycles. The summed E-state index contributed by atoms with van der Waals surface area (Å²) in [6.07, 6.45) is 3.35. The lowest BCUT2D eigenvalue weighted by Crippen LogP contribution is -2.47. The maximum atomic E-state index is 11.7. The molecule has 6 nitrogen and oxygen atoms in total. The molecule has 1 amide bonds. The van der Waals surface area contributed by atoms with E-state index in [1.807, 2.05) is 0 Å². The molecule has 2 rings (SSSR count). The van der Waals surface area contributed by atoms with Gasteiger partial charge in [-0.1, -0.05) is 11.6 Å². The predicted molar refractivity (Wildman–Crippen MR) is 57.4 cm³/mol. The summed E-state index contributed by atoms with van der Waals surface area (Å²) in [6, 6.07) is 1.09. The molecule has 0 spiro atoms. The first-order valence-corrected chi connectivity index (χ1v) is 5.48. The first-order valence-electron chi connectivity index (χ1n) is 5.48. The number of carboxylic acids is 1. The molecule has 2 atom stereocenters. The minimum absolute atomic E-state index is 0.171. The van der Waals surface area contributed by atoms with E-state index in [0.717, 1.165) is 6.42 Å². The van der Waals surface area contributed by atoms with Crippen molar-refractivity contribution in [3.05, 3.63) is 18.0 Å². The van der Waals surface area contributed by atoms with Crippen LogP contribution < -0.4 is 5.32 Å². The molecule has 0 aliphatic heterocycles. The second kappa shape index (κ2) is 4.20. The summed E-state index contributed by atoms with van der Waals surface area (Å²) < 4.78 is 4.57. The van der Waals surface area contributed by atoms with Crippen LogP contribution in [0.4, 0.5) is 0 Å². The molecule has 0 radical (unpaired) electrons. The minimum Gasteiger partial charge on any atom is -0.481 e. The predicted octanol–water partition coefficient (Wildman–Crippen LogP) is 1.05. The normalized spacial score (nSPS) is 27.9. The SMILES string of the molecule is CC1(C(=O)O)CCCC1NC(=O)c1ccon1. The molecule has 1 aromatic heterocycles. The Hall–Kier alpha value is -1.85. The molecule has 17 heavy (non-hydrogen) atoms. The number of amides is 1. The van der Waals surface area contributed by atoms with Crippen molar-refractivity contribution in [1.29, 1.82) is 0 Å². The van der Waals surface area contributed by atoms with Gasteiger partial charge in [0.1, 0.15) is 6.26 Å². The summed E-state index contributed by atoms with van der Waals surface area (Å²) >= 11 is 0. The van der Waals surface area contributed by atoms with Crippen molar-refractivity contribution in [2.45, 2.75) is 32.2 Å². The number of hydrogen-bond donors (Lipinski definition) is 2. The molecule has 1 aliphatic rings. The fraction of sp³-hybridized carbons (Fsp3) is 0.545. The zero-order valence-electron chi connectivity index (χ0n) is 9.47. The van der Waals surface area contributed by atoms with Gasteiger partial charge in [0, 0.05) is 12.1 Å². The number of hydrogen-bond acceptors (Lipinski definition) is 4. The van der Waals surface area contributed by atoms with Crippen LogP contribution in [0, 0.1) is 5.41 Å². The van der Waals surface area contributed by atoms with Crippen LogP contribution in [0.3, 0.4) is 0 Å². The largest absolute Gasteiger partial charge is 0.481 e. The lowest BCUT2D eigenvalue weighted by atomic mass is 9.85. The average Bonchev–Trinajstić information content (AvgIpc) is 2.89.